The van der Waals surface area contributed by atoms with Crippen molar-refractivity contribution < 1.29 is 23.5 Å². The maximum Gasteiger partial charge on any atom is 0.329 e. The molecule has 2 N–H and O–H groups in total. The summed E-state index contributed by atoms with van der Waals surface area (Å²) in [6.45, 7) is 4.71. The summed E-state index contributed by atoms with van der Waals surface area (Å²) in [5.41, 5.74) is 4.82. The highest BCUT2D eigenvalue weighted by molar-refractivity contribution is 9.10. The quantitative estimate of drug-likeness (QED) is 0.246. The smallest absolute Gasteiger partial charge is 0.329 e. The van der Waals surface area contributed by atoms with Gasteiger partial charge in [-0.15, -0.1) is 0 Å². The number of carbonyl (C=O) groups is 2. The number of halogens is 2. The van der Waals surface area contributed by atoms with Crippen LogP contribution in [0.15, 0.2) is 70.2 Å². The van der Waals surface area contributed by atoms with Crippen LogP contribution in [0.4, 0.5) is 10.1 Å². The van der Waals surface area contributed by atoms with Crippen LogP contribution in [0.2, 0.25) is 0 Å². The zero-order valence-corrected chi connectivity index (χ0v) is 20.2. The second-order valence-electron chi connectivity index (χ2n) is 7.13. The Morgan fingerprint density at radius 3 is 2.56 bits per heavy atom. The van der Waals surface area contributed by atoms with Crippen LogP contribution in [0.5, 0.6) is 11.5 Å². The Morgan fingerprint density at radius 2 is 1.82 bits per heavy atom. The third-order valence-corrected chi connectivity index (χ3v) is 5.17. The second kappa shape index (κ2) is 11.9. The molecule has 0 fully saturated rings. The average Bonchev–Trinajstić information content (AvgIpc) is 2.81. The minimum atomic E-state index is -1.05. The van der Waals surface area contributed by atoms with E-state index in [9.17, 15) is 14.0 Å². The summed E-state index contributed by atoms with van der Waals surface area (Å²) in [7, 11) is 0. The van der Waals surface area contributed by atoms with Crippen molar-refractivity contribution in [3.8, 4) is 11.5 Å². The first-order valence-corrected chi connectivity index (χ1v) is 11.2. The van der Waals surface area contributed by atoms with Crippen LogP contribution in [-0.2, 0) is 16.2 Å². The number of amides is 2. The van der Waals surface area contributed by atoms with Crippen LogP contribution >= 0.6 is 15.9 Å². The van der Waals surface area contributed by atoms with Gasteiger partial charge in [0.05, 0.1) is 18.5 Å². The number of carbonyl (C=O) groups excluding carboxylic acids is 2. The minimum Gasteiger partial charge on any atom is -0.490 e. The molecule has 0 saturated heterocycles. The molecule has 0 saturated carbocycles. The van der Waals surface area contributed by atoms with E-state index in [4.69, 9.17) is 9.47 Å². The van der Waals surface area contributed by atoms with Crippen molar-refractivity contribution in [2.45, 2.75) is 20.5 Å². The Bertz CT molecular complexity index is 1220. The fourth-order valence-electron chi connectivity index (χ4n) is 2.91. The highest BCUT2D eigenvalue weighted by atomic mass is 79.9. The predicted molar refractivity (Wildman–Crippen MR) is 132 cm³/mol. The summed E-state index contributed by atoms with van der Waals surface area (Å²) in [4.78, 5) is 24.0. The van der Waals surface area contributed by atoms with Crippen molar-refractivity contribution in [3.63, 3.8) is 0 Å². The maximum absolute atomic E-state index is 13.8. The van der Waals surface area contributed by atoms with Crippen LogP contribution in [0.3, 0.4) is 0 Å². The molecule has 0 aliphatic heterocycles. The average molecular weight is 528 g/mol. The van der Waals surface area contributed by atoms with Gasteiger partial charge in [-0.2, -0.15) is 5.10 Å². The molecule has 0 bridgehead atoms. The monoisotopic (exact) mass is 527 g/mol. The lowest BCUT2D eigenvalue weighted by atomic mass is 10.1. The van der Waals surface area contributed by atoms with E-state index in [1.54, 1.807) is 24.3 Å². The lowest BCUT2D eigenvalue weighted by molar-refractivity contribution is -0.136. The molecule has 0 aromatic heterocycles. The van der Waals surface area contributed by atoms with Crippen LogP contribution in [0.1, 0.15) is 23.6 Å². The number of rotatable bonds is 8. The molecule has 7 nitrogen and oxygen atoms in total. The fraction of sp³-hybridized carbons (Fsp3) is 0.160. The molecular formula is C25H23BrFN3O4. The number of hydrazone groups is 1. The Balaban J connectivity index is 1.61. The van der Waals surface area contributed by atoms with Gasteiger partial charge in [0.15, 0.2) is 11.5 Å². The van der Waals surface area contributed by atoms with Crippen LogP contribution < -0.4 is 20.2 Å². The maximum atomic E-state index is 13.8. The summed E-state index contributed by atoms with van der Waals surface area (Å²) >= 11 is 3.12. The van der Waals surface area contributed by atoms with Crippen molar-refractivity contribution in [1.82, 2.24) is 5.43 Å². The third-order valence-electron chi connectivity index (χ3n) is 4.68. The number of hydrogen-bond acceptors (Lipinski definition) is 5. The Morgan fingerprint density at radius 1 is 1.03 bits per heavy atom. The van der Waals surface area contributed by atoms with Gasteiger partial charge in [-0.3, -0.25) is 9.59 Å². The number of nitrogens with zero attached hydrogens (tertiary/aromatic N) is 1. The number of nitrogens with one attached hydrogen (secondary N) is 2. The van der Waals surface area contributed by atoms with Gasteiger partial charge in [0.25, 0.3) is 0 Å². The molecule has 3 rings (SSSR count). The van der Waals surface area contributed by atoms with Gasteiger partial charge in [-0.05, 0) is 66.9 Å². The summed E-state index contributed by atoms with van der Waals surface area (Å²) in [6, 6.07) is 17.2. The first-order chi connectivity index (χ1) is 16.4. The molecule has 0 radical (unpaired) electrons. The van der Waals surface area contributed by atoms with Gasteiger partial charge >= 0.3 is 11.8 Å². The highest BCUT2D eigenvalue weighted by Crippen LogP contribution is 2.29. The summed E-state index contributed by atoms with van der Waals surface area (Å²) in [6.07, 6.45) is 1.36. The largest absolute Gasteiger partial charge is 0.490 e. The Labute approximate surface area is 205 Å². The standard InChI is InChI=1S/C25H23BrFN3O4/c1-3-33-23-12-17(8-11-22(23)34-15-18-7-5-4-6-16(18)2)14-28-30-25(32)24(31)29-21-10-9-19(26)13-20(21)27/h4-14H,3,15H2,1-2H3,(H,29,31)(H,30,32). The van der Waals surface area contributed by atoms with Crippen molar-refractivity contribution >= 4 is 39.6 Å². The zero-order chi connectivity index (χ0) is 24.5. The summed E-state index contributed by atoms with van der Waals surface area (Å²) < 4.78 is 25.9. The first-order valence-electron chi connectivity index (χ1n) is 10.4. The lowest BCUT2D eigenvalue weighted by Crippen LogP contribution is -2.32. The SMILES string of the molecule is CCOc1cc(C=NNC(=O)C(=O)Nc2ccc(Br)cc2F)ccc1OCc1ccccc1C. The summed E-state index contributed by atoms with van der Waals surface area (Å²) in [5, 5.41) is 5.99. The number of hydrogen-bond donors (Lipinski definition) is 2. The molecule has 34 heavy (non-hydrogen) atoms. The van der Waals surface area contributed by atoms with Crippen LogP contribution in [-0.4, -0.2) is 24.6 Å². The van der Waals surface area contributed by atoms with Gasteiger partial charge in [-0.25, -0.2) is 9.82 Å². The predicted octanol–water partition coefficient (Wildman–Crippen LogP) is 4.96. The van der Waals surface area contributed by atoms with Crippen molar-refractivity contribution in [3.05, 3.63) is 87.6 Å². The van der Waals surface area contributed by atoms with Crippen molar-refractivity contribution in [1.29, 1.82) is 0 Å². The van der Waals surface area contributed by atoms with E-state index in [2.05, 4.69) is 31.8 Å². The van der Waals surface area contributed by atoms with Crippen LogP contribution in [0.25, 0.3) is 0 Å². The molecule has 0 aliphatic carbocycles. The van der Waals surface area contributed by atoms with Crippen LogP contribution in [0, 0.1) is 12.7 Å². The second-order valence-corrected chi connectivity index (χ2v) is 8.05. The number of aryl methyl sites for hydroxylation is 1. The zero-order valence-electron chi connectivity index (χ0n) is 18.6. The molecule has 0 spiro atoms. The van der Waals surface area contributed by atoms with E-state index in [0.29, 0.717) is 34.7 Å². The minimum absolute atomic E-state index is 0.116. The Hall–Kier alpha value is -3.72. The molecular weight excluding hydrogens is 505 g/mol. The van der Waals surface area contributed by atoms with Gasteiger partial charge in [0.1, 0.15) is 12.4 Å². The fourth-order valence-corrected chi connectivity index (χ4v) is 3.24. The van der Waals surface area contributed by atoms with E-state index < -0.39 is 17.6 Å². The molecule has 3 aromatic rings. The van der Waals surface area contributed by atoms with E-state index in [-0.39, 0.29) is 5.69 Å². The number of ether oxygens (including phenoxy) is 2. The summed E-state index contributed by atoms with van der Waals surface area (Å²) in [5.74, 6) is -1.67. The lowest BCUT2D eigenvalue weighted by Gasteiger charge is -2.13. The number of anilines is 1. The van der Waals surface area contributed by atoms with Gasteiger partial charge < -0.3 is 14.8 Å². The molecule has 0 heterocycles. The third kappa shape index (κ3) is 6.89. The molecule has 9 heteroatoms. The molecule has 0 unspecified atom stereocenters. The topological polar surface area (TPSA) is 89.0 Å². The number of benzene rings is 3. The van der Waals surface area contributed by atoms with Crippen molar-refractivity contribution in [2.75, 3.05) is 11.9 Å². The molecule has 176 valence electrons. The van der Waals surface area contributed by atoms with E-state index in [1.165, 1.54) is 18.3 Å². The molecule has 0 aliphatic rings. The molecule has 2 amide bonds. The Kier molecular flexibility index (Phi) is 8.75. The molecule has 3 aromatic carbocycles. The van der Waals surface area contributed by atoms with Crippen molar-refractivity contribution in [2.24, 2.45) is 5.10 Å². The first kappa shape index (κ1) is 24.9. The van der Waals surface area contributed by atoms with E-state index in [1.807, 2.05) is 38.1 Å². The highest BCUT2D eigenvalue weighted by Gasteiger charge is 2.15. The van der Waals surface area contributed by atoms with Gasteiger partial charge in [0.2, 0.25) is 0 Å². The van der Waals surface area contributed by atoms with E-state index in [0.717, 1.165) is 11.1 Å². The molecule has 0 atom stereocenters. The van der Waals surface area contributed by atoms with E-state index >= 15 is 0 Å². The van der Waals surface area contributed by atoms with Gasteiger partial charge in [0, 0.05) is 4.47 Å². The normalized spacial score (nSPS) is 10.7. The van der Waals surface area contributed by atoms with Gasteiger partial charge in [-0.1, -0.05) is 40.2 Å².